The quantitative estimate of drug-likeness (QED) is 0.0602. The third-order valence-electron chi connectivity index (χ3n) is 12.9. The van der Waals surface area contributed by atoms with Crippen molar-refractivity contribution in [2.75, 3.05) is 33.0 Å². The molecule has 6 unspecified atom stereocenters. The van der Waals surface area contributed by atoms with Crippen LogP contribution in [0.3, 0.4) is 0 Å². The van der Waals surface area contributed by atoms with E-state index < -0.39 is 34.2 Å². The van der Waals surface area contributed by atoms with Crippen LogP contribution in [-0.2, 0) is 20.7 Å². The Morgan fingerprint density at radius 2 is 1.80 bits per heavy atom. The minimum atomic E-state index is -1.60. The SMILES string of the molecule is CC(C)=CCCC1(C)C=Cc2c(c(CC=C(C)C)c3c(c2OCNCCO)C2=C4C(C(C#N)=C(N)N2)C2CC5C(C)(C)OC(C/C=C(/C)C(=O)NCCO)(C2=O)C45O3)O1. The van der Waals surface area contributed by atoms with Crippen LogP contribution in [0.4, 0.5) is 0 Å². The zero-order valence-electron chi connectivity index (χ0n) is 35.6. The van der Waals surface area contributed by atoms with E-state index in [1.807, 2.05) is 33.8 Å². The number of nitrogens with two attached hydrogens (primary N) is 1. The Labute approximate surface area is 347 Å². The zero-order valence-corrected chi connectivity index (χ0v) is 35.6. The second kappa shape index (κ2) is 15.6. The van der Waals surface area contributed by atoms with Crippen LogP contribution < -0.4 is 35.9 Å². The van der Waals surface area contributed by atoms with Gasteiger partial charge in [0.2, 0.25) is 5.91 Å². The topological polar surface area (TPSA) is 197 Å². The minimum absolute atomic E-state index is 0.0188. The van der Waals surface area contributed by atoms with Crippen molar-refractivity contribution in [3.8, 4) is 23.3 Å². The van der Waals surface area contributed by atoms with Crippen LogP contribution in [0.1, 0.15) is 97.8 Å². The second-order valence-corrected chi connectivity index (χ2v) is 17.9. The normalized spacial score (nSPS) is 29.0. The van der Waals surface area contributed by atoms with Gasteiger partial charge >= 0.3 is 0 Å². The highest BCUT2D eigenvalue weighted by Crippen LogP contribution is 2.73. The number of carbonyl (C=O) groups excluding carboxylic acids is 2. The summed E-state index contributed by atoms with van der Waals surface area (Å²) >= 11 is 0. The molecule has 3 saturated carbocycles. The number of fused-ring (bicyclic) bond motifs is 3. The predicted octanol–water partition coefficient (Wildman–Crippen LogP) is 4.99. The van der Waals surface area contributed by atoms with Gasteiger partial charge in [-0.05, 0) is 93.2 Å². The Morgan fingerprint density at radius 3 is 2.47 bits per heavy atom. The predicted molar refractivity (Wildman–Crippen MR) is 224 cm³/mol. The van der Waals surface area contributed by atoms with Crippen molar-refractivity contribution in [2.45, 2.75) is 110 Å². The summed E-state index contributed by atoms with van der Waals surface area (Å²) in [4.78, 5) is 28.5. The van der Waals surface area contributed by atoms with Crippen molar-refractivity contribution in [3.05, 3.63) is 74.7 Å². The van der Waals surface area contributed by atoms with E-state index in [4.69, 9.17) is 24.7 Å². The molecule has 7 aliphatic rings. The van der Waals surface area contributed by atoms with Crippen molar-refractivity contribution < 1.29 is 38.7 Å². The molecular weight excluding hydrogens is 751 g/mol. The number of rotatable bonds is 15. The highest BCUT2D eigenvalue weighted by molar-refractivity contribution is 6.02. The average molecular weight is 810 g/mol. The van der Waals surface area contributed by atoms with Gasteiger partial charge < -0.3 is 45.5 Å². The van der Waals surface area contributed by atoms with E-state index in [9.17, 15) is 20.3 Å². The van der Waals surface area contributed by atoms with E-state index in [1.165, 1.54) is 5.57 Å². The fraction of sp³-hybridized carbons (Fsp3) is 0.543. The van der Waals surface area contributed by atoms with Crippen molar-refractivity contribution in [3.63, 3.8) is 0 Å². The molecule has 1 spiro atoms. The smallest absolute Gasteiger partial charge is 0.246 e. The summed E-state index contributed by atoms with van der Waals surface area (Å²) in [7, 11) is 0. The van der Waals surface area contributed by atoms with Gasteiger partial charge in [-0.1, -0.05) is 29.4 Å². The zero-order chi connectivity index (χ0) is 42.7. The molecule has 7 N–H and O–H groups in total. The molecule has 13 nitrogen and oxygen atoms in total. The van der Waals surface area contributed by atoms with E-state index in [2.05, 4.69) is 61.0 Å². The number of aliphatic hydroxyl groups is 2. The standard InChI is InChI=1S/C46H59N5O8/c1-25(2)10-9-15-44(8)16-14-29-37(57-44)28(12-11-26(3)4)39-34(38(29)56-24-49-18-20-52)36-35-33(31(23-47)41(48)51-36)30-22-32-43(6,7)59-45(40(30)54,46(32,35)58-39)17-13-27(5)42(55)50-19-21-53/h10-11,13-14,16,30,32-33,49,51-53H,9,12,15,17-22,24,48H2,1-8H3,(H,50,55)/b27-13-. The molecule has 1 aromatic carbocycles. The molecule has 4 heterocycles. The van der Waals surface area contributed by atoms with Gasteiger partial charge in [-0.2, -0.15) is 5.26 Å². The second-order valence-electron chi connectivity index (χ2n) is 17.9. The van der Waals surface area contributed by atoms with Gasteiger partial charge in [-0.15, -0.1) is 0 Å². The maximum absolute atomic E-state index is 15.4. The largest absolute Gasteiger partial charge is 0.482 e. The molecule has 4 bridgehead atoms. The molecule has 4 aliphatic heterocycles. The van der Waals surface area contributed by atoms with Gasteiger partial charge in [0.1, 0.15) is 35.4 Å². The lowest BCUT2D eigenvalue weighted by molar-refractivity contribution is -0.181. The van der Waals surface area contributed by atoms with Crippen LogP contribution in [0, 0.1) is 29.1 Å². The fourth-order valence-electron chi connectivity index (χ4n) is 10.2. The third kappa shape index (κ3) is 6.69. The first-order chi connectivity index (χ1) is 28.0. The lowest BCUT2D eigenvalue weighted by atomic mass is 9.45. The van der Waals surface area contributed by atoms with E-state index in [1.54, 1.807) is 13.0 Å². The van der Waals surface area contributed by atoms with Gasteiger partial charge in [-0.25, -0.2) is 0 Å². The van der Waals surface area contributed by atoms with Gasteiger partial charge in [-0.3, -0.25) is 14.9 Å². The Balaban J connectivity index is 1.54. The first-order valence-electron chi connectivity index (χ1n) is 20.7. The minimum Gasteiger partial charge on any atom is -0.482 e. The molecule has 0 radical (unpaired) electrons. The lowest BCUT2D eigenvalue weighted by Gasteiger charge is -2.62. The van der Waals surface area contributed by atoms with Crippen LogP contribution in [0.5, 0.6) is 17.2 Å². The molecule has 6 atom stereocenters. The van der Waals surface area contributed by atoms with E-state index in [-0.39, 0.29) is 61.9 Å². The number of carbonyl (C=O) groups is 2. The Morgan fingerprint density at radius 1 is 1.07 bits per heavy atom. The summed E-state index contributed by atoms with van der Waals surface area (Å²) in [5.41, 5.74) is 8.54. The molecule has 4 fully saturated rings. The van der Waals surface area contributed by atoms with Crippen molar-refractivity contribution in [1.82, 2.24) is 16.0 Å². The molecule has 13 heteroatoms. The molecule has 1 saturated heterocycles. The van der Waals surface area contributed by atoms with Crippen LogP contribution in [0.25, 0.3) is 11.8 Å². The highest BCUT2D eigenvalue weighted by Gasteiger charge is 2.84. The summed E-state index contributed by atoms with van der Waals surface area (Å²) in [6.45, 7) is 16.1. The van der Waals surface area contributed by atoms with Crippen LogP contribution in [-0.4, -0.2) is 77.3 Å². The van der Waals surface area contributed by atoms with Gasteiger partial charge in [0.15, 0.2) is 17.0 Å². The summed E-state index contributed by atoms with van der Waals surface area (Å²) in [5, 5.41) is 39.0. The number of nitrogens with zero attached hydrogens (tertiary/aromatic N) is 1. The Bertz CT molecular complexity index is 2180. The summed E-state index contributed by atoms with van der Waals surface area (Å²) in [5.74, 6) is -0.591. The molecule has 316 valence electrons. The lowest BCUT2D eigenvalue weighted by Crippen LogP contribution is -2.75. The summed E-state index contributed by atoms with van der Waals surface area (Å²) in [6.07, 6.45) is 12.5. The van der Waals surface area contributed by atoms with Crippen LogP contribution in [0.2, 0.25) is 0 Å². The Kier molecular flexibility index (Phi) is 11.2. The number of ketones is 1. The number of benzene rings is 1. The van der Waals surface area contributed by atoms with E-state index in [0.29, 0.717) is 71.0 Å². The highest BCUT2D eigenvalue weighted by atomic mass is 16.6. The number of nitrogens with one attached hydrogen (secondary N) is 3. The number of Topliss-reactive ketones (excluding diaryl/α,β-unsaturated/α-hetero) is 1. The first-order valence-corrected chi connectivity index (χ1v) is 20.7. The maximum Gasteiger partial charge on any atom is 0.246 e. The number of hydrogen-bond donors (Lipinski definition) is 6. The molecule has 1 amide bonds. The number of nitriles is 1. The molecule has 8 rings (SSSR count). The number of allylic oxidation sites excluding steroid dienone is 5. The fourth-order valence-corrected chi connectivity index (χ4v) is 10.2. The molecular formula is C46H59N5O8. The van der Waals surface area contributed by atoms with E-state index in [0.717, 1.165) is 17.6 Å². The van der Waals surface area contributed by atoms with Gasteiger partial charge in [0.25, 0.3) is 0 Å². The summed E-state index contributed by atoms with van der Waals surface area (Å²) < 4.78 is 28.6. The Hall–Kier alpha value is -4.87. The number of dihydropyridines is 1. The van der Waals surface area contributed by atoms with Gasteiger partial charge in [0, 0.05) is 54.0 Å². The molecule has 1 aromatic rings. The first kappa shape index (κ1) is 42.3. The van der Waals surface area contributed by atoms with Crippen LogP contribution >= 0.6 is 0 Å². The number of hydrogen-bond acceptors (Lipinski definition) is 12. The van der Waals surface area contributed by atoms with E-state index >= 15 is 4.79 Å². The number of amides is 1. The molecule has 59 heavy (non-hydrogen) atoms. The molecule has 3 aliphatic carbocycles. The monoisotopic (exact) mass is 809 g/mol. The van der Waals surface area contributed by atoms with Crippen molar-refractivity contribution in [1.29, 1.82) is 5.26 Å². The number of aliphatic hydroxyl groups excluding tert-OH is 2. The average Bonchev–Trinajstić information content (AvgIpc) is 3.32. The van der Waals surface area contributed by atoms with Crippen LogP contribution in [0.15, 0.2) is 58.0 Å². The maximum atomic E-state index is 15.4. The third-order valence-corrected chi connectivity index (χ3v) is 12.9. The summed E-state index contributed by atoms with van der Waals surface area (Å²) in [6, 6.07) is 2.34. The van der Waals surface area contributed by atoms with Crippen molar-refractivity contribution in [2.24, 2.45) is 23.5 Å². The van der Waals surface area contributed by atoms with Gasteiger partial charge in [0.05, 0.1) is 47.3 Å². The van der Waals surface area contributed by atoms with Crippen molar-refractivity contribution >= 4 is 23.5 Å². The molecule has 0 aromatic heterocycles. The number of ether oxygens (including phenoxy) is 4.